The van der Waals surface area contributed by atoms with Crippen molar-refractivity contribution in [2.24, 2.45) is 5.84 Å². The molecule has 7 heteroatoms. The van der Waals surface area contributed by atoms with Crippen LogP contribution in [0.25, 0.3) is 0 Å². The highest BCUT2D eigenvalue weighted by molar-refractivity contribution is 6.01. The molecule has 0 aromatic heterocycles. The maximum Gasteiger partial charge on any atom is 0.294 e. The summed E-state index contributed by atoms with van der Waals surface area (Å²) in [6.45, 7) is 6.32. The third-order valence-corrected chi connectivity index (χ3v) is 3.34. The number of anilines is 1. The lowest BCUT2D eigenvalue weighted by molar-refractivity contribution is -0.384. The van der Waals surface area contributed by atoms with E-state index < -0.39 is 4.92 Å². The summed E-state index contributed by atoms with van der Waals surface area (Å²) in [7, 11) is 0. The van der Waals surface area contributed by atoms with Crippen molar-refractivity contribution in [3.63, 3.8) is 0 Å². The first-order valence-corrected chi connectivity index (χ1v) is 6.52. The topological polar surface area (TPSA) is 102 Å². The molecule has 1 rings (SSSR count). The van der Waals surface area contributed by atoms with E-state index in [1.807, 2.05) is 20.8 Å². The molecule has 0 radical (unpaired) electrons. The third-order valence-electron chi connectivity index (χ3n) is 3.34. The summed E-state index contributed by atoms with van der Waals surface area (Å²) in [5.74, 6) is 5.09. The molecule has 0 aliphatic heterocycles. The Hall–Kier alpha value is -2.15. The molecule has 0 bridgehead atoms. The zero-order chi connectivity index (χ0) is 15.3. The molecule has 0 aliphatic carbocycles. The van der Waals surface area contributed by atoms with E-state index in [4.69, 9.17) is 5.84 Å². The predicted molar refractivity (Wildman–Crippen MR) is 77.4 cm³/mol. The third kappa shape index (κ3) is 3.05. The number of hydrazine groups is 1. The van der Waals surface area contributed by atoms with Gasteiger partial charge in [0, 0.05) is 18.7 Å². The Morgan fingerprint density at radius 1 is 1.50 bits per heavy atom. The van der Waals surface area contributed by atoms with Gasteiger partial charge >= 0.3 is 0 Å². The molecule has 1 unspecified atom stereocenters. The molecule has 0 spiro atoms. The molecule has 0 aliphatic rings. The Kier molecular flexibility index (Phi) is 5.45. The summed E-state index contributed by atoms with van der Waals surface area (Å²) in [6.07, 6.45) is 0.805. The number of hydrogen-bond acceptors (Lipinski definition) is 5. The molecule has 1 atom stereocenters. The number of para-hydroxylation sites is 1. The highest BCUT2D eigenvalue weighted by atomic mass is 16.6. The molecular formula is C13H20N4O3. The van der Waals surface area contributed by atoms with Crippen LogP contribution in [0, 0.1) is 10.1 Å². The minimum absolute atomic E-state index is 0.0456. The first-order chi connectivity index (χ1) is 9.47. The zero-order valence-electron chi connectivity index (χ0n) is 11.9. The Morgan fingerprint density at radius 2 is 2.15 bits per heavy atom. The van der Waals surface area contributed by atoms with Crippen LogP contribution in [0.1, 0.15) is 37.6 Å². The number of hydrogen-bond donors (Lipinski definition) is 2. The van der Waals surface area contributed by atoms with Gasteiger partial charge in [-0.15, -0.1) is 0 Å². The average molecular weight is 280 g/mol. The van der Waals surface area contributed by atoms with Gasteiger partial charge in [0.25, 0.3) is 11.6 Å². The standard InChI is InChI=1S/C13H20N4O3/c1-4-9(3)16(5-2)13(18)10-7-6-8-11(17(19)20)12(10)15-14/h6-9,15H,4-5,14H2,1-3H3. The zero-order valence-corrected chi connectivity index (χ0v) is 11.9. The summed E-state index contributed by atoms with van der Waals surface area (Å²) in [5.41, 5.74) is 2.32. The average Bonchev–Trinajstić information content (AvgIpc) is 2.46. The maximum atomic E-state index is 12.5. The van der Waals surface area contributed by atoms with E-state index in [9.17, 15) is 14.9 Å². The van der Waals surface area contributed by atoms with Crippen LogP contribution >= 0.6 is 0 Å². The Labute approximate surface area is 117 Å². The number of nitro benzene ring substituents is 1. The second kappa shape index (κ2) is 6.85. The molecule has 0 saturated carbocycles. The second-order valence-corrected chi connectivity index (χ2v) is 4.45. The molecule has 0 fully saturated rings. The first-order valence-electron chi connectivity index (χ1n) is 6.52. The lowest BCUT2D eigenvalue weighted by Gasteiger charge is -2.27. The second-order valence-electron chi connectivity index (χ2n) is 4.45. The molecule has 110 valence electrons. The van der Waals surface area contributed by atoms with E-state index in [-0.39, 0.29) is 28.9 Å². The molecular weight excluding hydrogens is 260 g/mol. The van der Waals surface area contributed by atoms with Gasteiger partial charge in [-0.25, -0.2) is 0 Å². The quantitative estimate of drug-likeness (QED) is 0.472. The van der Waals surface area contributed by atoms with Gasteiger partial charge in [0.05, 0.1) is 10.5 Å². The molecule has 7 nitrogen and oxygen atoms in total. The van der Waals surface area contributed by atoms with E-state index in [0.717, 1.165) is 6.42 Å². The summed E-state index contributed by atoms with van der Waals surface area (Å²) in [4.78, 5) is 24.6. The largest absolute Gasteiger partial charge is 0.336 e. The smallest absolute Gasteiger partial charge is 0.294 e. The van der Waals surface area contributed by atoms with Crippen LogP contribution in [0.3, 0.4) is 0 Å². The Morgan fingerprint density at radius 3 is 2.60 bits per heavy atom. The minimum atomic E-state index is -0.564. The number of rotatable bonds is 6. The molecule has 0 saturated heterocycles. The number of carbonyl (C=O) groups is 1. The van der Waals surface area contributed by atoms with Crippen LogP contribution in [0.5, 0.6) is 0 Å². The van der Waals surface area contributed by atoms with Crippen LogP contribution in [0.2, 0.25) is 0 Å². The van der Waals surface area contributed by atoms with E-state index >= 15 is 0 Å². The first kappa shape index (κ1) is 15.9. The van der Waals surface area contributed by atoms with E-state index in [0.29, 0.717) is 6.54 Å². The molecule has 3 N–H and O–H groups in total. The van der Waals surface area contributed by atoms with Crippen molar-refractivity contribution in [1.82, 2.24) is 4.90 Å². The number of nitrogens with two attached hydrogens (primary N) is 1. The number of amides is 1. The van der Waals surface area contributed by atoms with Crippen molar-refractivity contribution in [3.05, 3.63) is 33.9 Å². The van der Waals surface area contributed by atoms with Gasteiger partial charge in [0.15, 0.2) is 0 Å². The van der Waals surface area contributed by atoms with Crippen molar-refractivity contribution in [2.75, 3.05) is 12.0 Å². The summed E-state index contributed by atoms with van der Waals surface area (Å²) < 4.78 is 0. The molecule has 1 aromatic rings. The highest BCUT2D eigenvalue weighted by Crippen LogP contribution is 2.28. The van der Waals surface area contributed by atoms with E-state index in [2.05, 4.69) is 5.43 Å². The summed E-state index contributed by atoms with van der Waals surface area (Å²) in [6, 6.07) is 4.38. The Bertz CT molecular complexity index is 504. The van der Waals surface area contributed by atoms with Gasteiger partial charge in [0.1, 0.15) is 5.69 Å². The molecule has 1 aromatic carbocycles. The molecule has 0 heterocycles. The maximum absolute atomic E-state index is 12.5. The van der Waals surface area contributed by atoms with E-state index in [1.165, 1.54) is 18.2 Å². The van der Waals surface area contributed by atoms with Crippen molar-refractivity contribution in [2.45, 2.75) is 33.2 Å². The summed E-state index contributed by atoms with van der Waals surface area (Å²) >= 11 is 0. The lowest BCUT2D eigenvalue weighted by Crippen LogP contribution is -2.38. The van der Waals surface area contributed by atoms with Gasteiger partial charge in [-0.2, -0.15) is 0 Å². The van der Waals surface area contributed by atoms with Crippen LogP contribution < -0.4 is 11.3 Å². The molecule has 20 heavy (non-hydrogen) atoms. The van der Waals surface area contributed by atoms with Gasteiger partial charge in [-0.05, 0) is 26.3 Å². The summed E-state index contributed by atoms with van der Waals surface area (Å²) in [5, 5.41) is 11.0. The number of nitrogens with zero attached hydrogens (tertiary/aromatic N) is 2. The van der Waals surface area contributed by atoms with E-state index in [1.54, 1.807) is 4.90 Å². The van der Waals surface area contributed by atoms with Crippen molar-refractivity contribution in [1.29, 1.82) is 0 Å². The van der Waals surface area contributed by atoms with Crippen molar-refractivity contribution in [3.8, 4) is 0 Å². The van der Waals surface area contributed by atoms with Crippen LogP contribution in [-0.2, 0) is 0 Å². The number of nitro groups is 1. The lowest BCUT2D eigenvalue weighted by atomic mass is 10.1. The predicted octanol–water partition coefficient (Wildman–Crippen LogP) is 2.14. The van der Waals surface area contributed by atoms with Crippen molar-refractivity contribution >= 4 is 17.3 Å². The molecule has 1 amide bonds. The van der Waals surface area contributed by atoms with Gasteiger partial charge in [0.2, 0.25) is 0 Å². The van der Waals surface area contributed by atoms with Crippen molar-refractivity contribution < 1.29 is 9.72 Å². The van der Waals surface area contributed by atoms with Gasteiger partial charge in [-0.1, -0.05) is 13.0 Å². The minimum Gasteiger partial charge on any atom is -0.336 e. The number of carbonyl (C=O) groups excluding carboxylic acids is 1. The fraction of sp³-hybridized carbons (Fsp3) is 0.462. The number of benzene rings is 1. The Balaban J connectivity index is 3.28. The van der Waals surface area contributed by atoms with Gasteiger partial charge < -0.3 is 10.3 Å². The fourth-order valence-electron chi connectivity index (χ4n) is 2.05. The van der Waals surface area contributed by atoms with Crippen LogP contribution in [0.4, 0.5) is 11.4 Å². The number of nitrogen functional groups attached to an aromatic ring is 1. The monoisotopic (exact) mass is 280 g/mol. The van der Waals surface area contributed by atoms with Crippen LogP contribution in [0.15, 0.2) is 18.2 Å². The number of nitrogens with one attached hydrogen (secondary N) is 1. The SMILES string of the molecule is CCC(C)N(CC)C(=O)c1cccc([N+](=O)[O-])c1NN. The van der Waals surface area contributed by atoms with Gasteiger partial charge in [-0.3, -0.25) is 20.8 Å². The highest BCUT2D eigenvalue weighted by Gasteiger charge is 2.25. The fourth-order valence-corrected chi connectivity index (χ4v) is 2.05. The van der Waals surface area contributed by atoms with Crippen LogP contribution in [-0.4, -0.2) is 28.3 Å². The normalized spacial score (nSPS) is 11.8.